The number of nitrogens with zero attached hydrogens (tertiary/aromatic N) is 4. The van der Waals surface area contributed by atoms with Crippen molar-refractivity contribution in [1.82, 2.24) is 24.9 Å². The van der Waals surface area contributed by atoms with Crippen LogP contribution >= 0.6 is 0 Å². The van der Waals surface area contributed by atoms with Gasteiger partial charge in [0.1, 0.15) is 0 Å². The molecule has 2 aliphatic rings. The van der Waals surface area contributed by atoms with E-state index in [1.165, 1.54) is 12.8 Å². The molecule has 2 fully saturated rings. The molecule has 0 spiro atoms. The van der Waals surface area contributed by atoms with Crippen molar-refractivity contribution in [3.8, 4) is 0 Å². The van der Waals surface area contributed by atoms with Gasteiger partial charge in [-0.15, -0.1) is 0 Å². The number of nitrogens with one attached hydrogen (secondary N) is 1. The maximum absolute atomic E-state index is 12.5. The highest BCUT2D eigenvalue weighted by Crippen LogP contribution is 2.17. The van der Waals surface area contributed by atoms with Crippen LogP contribution in [0.4, 0.5) is 4.79 Å². The van der Waals surface area contributed by atoms with Crippen LogP contribution < -0.4 is 5.32 Å². The highest BCUT2D eigenvalue weighted by atomic mass is 16.5. The van der Waals surface area contributed by atoms with E-state index in [0.717, 1.165) is 45.6 Å². The molecule has 0 bridgehead atoms. The SMILES string of the molecule is CCN(CCn1cccn1)C(=O)NC1CCN(C[C@H]2CCCO2)CC1. The minimum absolute atomic E-state index is 0.0484. The number of likely N-dealkylation sites (tertiary alicyclic amines) is 1. The van der Waals surface area contributed by atoms with E-state index in [0.29, 0.717) is 19.2 Å². The molecule has 1 atom stereocenters. The molecule has 0 saturated carbocycles. The molecule has 1 N–H and O–H groups in total. The summed E-state index contributed by atoms with van der Waals surface area (Å²) in [6, 6.07) is 2.24. The number of carbonyl (C=O) groups excluding carboxylic acids is 1. The second-order valence-electron chi connectivity index (χ2n) is 7.01. The molecule has 140 valence electrons. The number of amides is 2. The molecule has 2 saturated heterocycles. The Morgan fingerprint density at radius 2 is 2.20 bits per heavy atom. The fraction of sp³-hybridized carbons (Fsp3) is 0.778. The second-order valence-corrected chi connectivity index (χ2v) is 7.01. The maximum atomic E-state index is 12.5. The topological polar surface area (TPSA) is 62.6 Å². The van der Waals surface area contributed by atoms with E-state index in [2.05, 4.69) is 15.3 Å². The molecule has 1 aromatic heterocycles. The summed E-state index contributed by atoms with van der Waals surface area (Å²) < 4.78 is 7.59. The fourth-order valence-electron chi connectivity index (χ4n) is 3.66. The Morgan fingerprint density at radius 1 is 1.36 bits per heavy atom. The second kappa shape index (κ2) is 9.20. The van der Waals surface area contributed by atoms with Crippen molar-refractivity contribution in [2.24, 2.45) is 0 Å². The zero-order valence-corrected chi connectivity index (χ0v) is 15.3. The predicted octanol–water partition coefficient (Wildman–Crippen LogP) is 1.56. The Kier molecular flexibility index (Phi) is 6.69. The molecule has 7 heteroatoms. The molecule has 2 amide bonds. The summed E-state index contributed by atoms with van der Waals surface area (Å²) in [5, 5.41) is 7.40. The molecule has 0 unspecified atom stereocenters. The molecular weight excluding hydrogens is 318 g/mol. The fourth-order valence-corrected chi connectivity index (χ4v) is 3.66. The number of piperidine rings is 1. The van der Waals surface area contributed by atoms with Crippen LogP contribution in [0.3, 0.4) is 0 Å². The van der Waals surface area contributed by atoms with Crippen molar-refractivity contribution in [2.75, 3.05) is 39.3 Å². The van der Waals surface area contributed by atoms with Gasteiger partial charge in [-0.05, 0) is 38.7 Å². The van der Waals surface area contributed by atoms with E-state index in [1.807, 2.05) is 28.8 Å². The number of ether oxygens (including phenoxy) is 1. The molecule has 0 radical (unpaired) electrons. The first-order chi connectivity index (χ1) is 12.2. The van der Waals surface area contributed by atoms with Crippen LogP contribution in [-0.2, 0) is 11.3 Å². The van der Waals surface area contributed by atoms with Gasteiger partial charge in [-0.2, -0.15) is 5.10 Å². The number of likely N-dealkylation sites (N-methyl/N-ethyl adjacent to an activating group) is 1. The first-order valence-corrected chi connectivity index (χ1v) is 9.61. The molecule has 25 heavy (non-hydrogen) atoms. The third kappa shape index (κ3) is 5.44. The lowest BCUT2D eigenvalue weighted by Crippen LogP contribution is -2.50. The van der Waals surface area contributed by atoms with Crippen LogP contribution in [0, 0.1) is 0 Å². The predicted molar refractivity (Wildman–Crippen MR) is 96.4 cm³/mol. The summed E-state index contributed by atoms with van der Waals surface area (Å²) in [5.74, 6) is 0. The molecule has 3 heterocycles. The van der Waals surface area contributed by atoms with Crippen LogP contribution in [0.25, 0.3) is 0 Å². The highest BCUT2D eigenvalue weighted by Gasteiger charge is 2.25. The quantitative estimate of drug-likeness (QED) is 0.811. The van der Waals surface area contributed by atoms with Gasteiger partial charge in [-0.1, -0.05) is 0 Å². The lowest BCUT2D eigenvalue weighted by atomic mass is 10.0. The number of hydrogen-bond acceptors (Lipinski definition) is 4. The molecular formula is C18H31N5O2. The van der Waals surface area contributed by atoms with Gasteiger partial charge in [0, 0.05) is 57.8 Å². The normalized spacial score (nSPS) is 22.2. The third-order valence-electron chi connectivity index (χ3n) is 5.23. The van der Waals surface area contributed by atoms with E-state index in [1.54, 1.807) is 6.20 Å². The molecule has 0 aromatic carbocycles. The van der Waals surface area contributed by atoms with E-state index in [4.69, 9.17) is 4.74 Å². The van der Waals surface area contributed by atoms with Gasteiger partial charge in [0.05, 0.1) is 12.6 Å². The van der Waals surface area contributed by atoms with Crippen molar-refractivity contribution in [3.05, 3.63) is 18.5 Å². The lowest BCUT2D eigenvalue weighted by Gasteiger charge is -2.34. The number of carbonyl (C=O) groups is 1. The average Bonchev–Trinajstić information content (AvgIpc) is 3.31. The Morgan fingerprint density at radius 3 is 2.84 bits per heavy atom. The zero-order chi connectivity index (χ0) is 17.5. The Hall–Kier alpha value is -1.60. The Labute approximate surface area is 150 Å². The smallest absolute Gasteiger partial charge is 0.317 e. The third-order valence-corrected chi connectivity index (χ3v) is 5.23. The van der Waals surface area contributed by atoms with Crippen molar-refractivity contribution in [1.29, 1.82) is 0 Å². The average molecular weight is 349 g/mol. The van der Waals surface area contributed by atoms with Crippen molar-refractivity contribution >= 4 is 6.03 Å². The van der Waals surface area contributed by atoms with Crippen LogP contribution in [0.5, 0.6) is 0 Å². The number of hydrogen-bond donors (Lipinski definition) is 1. The zero-order valence-electron chi connectivity index (χ0n) is 15.3. The van der Waals surface area contributed by atoms with Crippen LogP contribution in [0.2, 0.25) is 0 Å². The van der Waals surface area contributed by atoms with Crippen molar-refractivity contribution in [3.63, 3.8) is 0 Å². The first kappa shape index (κ1) is 18.2. The minimum atomic E-state index is 0.0484. The summed E-state index contributed by atoms with van der Waals surface area (Å²) in [4.78, 5) is 16.9. The molecule has 3 rings (SSSR count). The first-order valence-electron chi connectivity index (χ1n) is 9.61. The Balaban J connectivity index is 1.37. The van der Waals surface area contributed by atoms with Gasteiger partial charge < -0.3 is 19.9 Å². The van der Waals surface area contributed by atoms with Crippen LogP contribution in [0.15, 0.2) is 18.5 Å². The van der Waals surface area contributed by atoms with Gasteiger partial charge in [-0.3, -0.25) is 4.68 Å². The minimum Gasteiger partial charge on any atom is -0.377 e. The van der Waals surface area contributed by atoms with E-state index >= 15 is 0 Å². The van der Waals surface area contributed by atoms with Crippen molar-refractivity contribution in [2.45, 2.75) is 51.3 Å². The standard InChI is InChI=1S/C18H31N5O2/c1-2-22(12-13-23-9-4-8-19-23)18(24)20-16-6-10-21(11-7-16)15-17-5-3-14-25-17/h4,8-9,16-17H,2-3,5-7,10-15H2,1H3,(H,20,24)/t17-/m1/s1. The van der Waals surface area contributed by atoms with E-state index in [-0.39, 0.29) is 12.1 Å². The number of aromatic nitrogens is 2. The Bertz CT molecular complexity index is 508. The van der Waals surface area contributed by atoms with E-state index < -0.39 is 0 Å². The van der Waals surface area contributed by atoms with Crippen LogP contribution in [-0.4, -0.2) is 77.1 Å². The summed E-state index contributed by atoms with van der Waals surface area (Å²) in [7, 11) is 0. The van der Waals surface area contributed by atoms with Gasteiger partial charge in [-0.25, -0.2) is 4.79 Å². The highest BCUT2D eigenvalue weighted by molar-refractivity contribution is 5.74. The van der Waals surface area contributed by atoms with E-state index in [9.17, 15) is 4.79 Å². The summed E-state index contributed by atoms with van der Waals surface area (Å²) in [6.07, 6.45) is 8.55. The molecule has 1 aromatic rings. The van der Waals surface area contributed by atoms with Crippen molar-refractivity contribution < 1.29 is 9.53 Å². The summed E-state index contributed by atoms with van der Waals surface area (Å²) >= 11 is 0. The number of rotatable bonds is 7. The molecule has 2 aliphatic heterocycles. The van der Waals surface area contributed by atoms with Gasteiger partial charge >= 0.3 is 6.03 Å². The summed E-state index contributed by atoms with van der Waals surface area (Å²) in [5.41, 5.74) is 0. The summed E-state index contributed by atoms with van der Waals surface area (Å²) in [6.45, 7) is 8.20. The number of urea groups is 1. The van der Waals surface area contributed by atoms with Crippen LogP contribution in [0.1, 0.15) is 32.6 Å². The van der Waals surface area contributed by atoms with Gasteiger partial charge in [0.15, 0.2) is 0 Å². The lowest BCUT2D eigenvalue weighted by molar-refractivity contribution is 0.0628. The molecule has 0 aliphatic carbocycles. The monoisotopic (exact) mass is 349 g/mol. The largest absolute Gasteiger partial charge is 0.377 e. The van der Waals surface area contributed by atoms with Gasteiger partial charge in [0.2, 0.25) is 0 Å². The molecule has 7 nitrogen and oxygen atoms in total. The maximum Gasteiger partial charge on any atom is 0.317 e. The van der Waals surface area contributed by atoms with Gasteiger partial charge in [0.25, 0.3) is 0 Å².